The lowest BCUT2D eigenvalue weighted by molar-refractivity contribution is 0.108. The normalized spacial score (nSPS) is 36.6. The maximum Gasteiger partial charge on any atom is 0.154 e. The number of hydrogen-bond donors (Lipinski definition) is 1. The van der Waals surface area contributed by atoms with Crippen LogP contribution in [0.2, 0.25) is 0 Å². The molecule has 3 heterocycles. The third kappa shape index (κ3) is 1.73. The van der Waals surface area contributed by atoms with E-state index in [-0.39, 0.29) is 11.6 Å². The molecule has 0 radical (unpaired) electrons. The van der Waals surface area contributed by atoms with Crippen LogP contribution in [0.1, 0.15) is 11.8 Å². The average molecular weight is 266 g/mol. The van der Waals surface area contributed by atoms with Gasteiger partial charge in [-0.1, -0.05) is 23.3 Å². The zero-order valence-corrected chi connectivity index (χ0v) is 11.6. The second-order valence-electron chi connectivity index (χ2n) is 4.80. The van der Waals surface area contributed by atoms with E-state index in [4.69, 9.17) is 15.5 Å². The summed E-state index contributed by atoms with van der Waals surface area (Å²) in [7, 11) is 2.12. The summed E-state index contributed by atoms with van der Waals surface area (Å²) in [5, 5.41) is 2.88. The van der Waals surface area contributed by atoms with Crippen LogP contribution < -0.4 is 11.2 Å². The lowest BCUT2D eigenvalue weighted by Gasteiger charge is -2.33. The van der Waals surface area contributed by atoms with E-state index in [2.05, 4.69) is 26.2 Å². The zero-order valence-electron chi connectivity index (χ0n) is 9.97. The first-order valence-corrected chi connectivity index (χ1v) is 7.64. The smallest absolute Gasteiger partial charge is 0.154 e. The molecule has 1 aromatic rings. The second-order valence-corrected chi connectivity index (χ2v) is 6.75. The van der Waals surface area contributed by atoms with Crippen molar-refractivity contribution in [1.29, 1.82) is 0 Å². The number of amidine groups is 1. The first-order valence-electron chi connectivity index (χ1n) is 5.77. The van der Waals surface area contributed by atoms with E-state index in [1.807, 2.05) is 0 Å². The Balaban J connectivity index is 2.10. The van der Waals surface area contributed by atoms with Gasteiger partial charge >= 0.3 is 0 Å². The molecule has 3 atom stereocenters. The monoisotopic (exact) mass is 266 g/mol. The van der Waals surface area contributed by atoms with Crippen molar-refractivity contribution >= 4 is 41.6 Å². The Kier molecular flexibility index (Phi) is 2.76. The maximum atomic E-state index is 5.93. The Morgan fingerprint density at radius 3 is 3.18 bits per heavy atom. The molecule has 17 heavy (non-hydrogen) atoms. The van der Waals surface area contributed by atoms with Gasteiger partial charge < -0.3 is 10.5 Å². The van der Waals surface area contributed by atoms with E-state index < -0.39 is 0 Å². The van der Waals surface area contributed by atoms with E-state index in [9.17, 15) is 0 Å². The molecular formula is C11H15BN2OS2. The predicted molar refractivity (Wildman–Crippen MR) is 77.2 cm³/mol. The summed E-state index contributed by atoms with van der Waals surface area (Å²) in [5.41, 5.74) is 7.01. The van der Waals surface area contributed by atoms with Crippen molar-refractivity contribution in [3.63, 3.8) is 0 Å². The summed E-state index contributed by atoms with van der Waals surface area (Å²) in [6.07, 6.45) is 0.266. The van der Waals surface area contributed by atoms with Crippen LogP contribution in [0, 0.1) is 5.92 Å². The van der Waals surface area contributed by atoms with Crippen molar-refractivity contribution in [1.82, 2.24) is 0 Å². The Morgan fingerprint density at radius 1 is 1.65 bits per heavy atom. The number of fused-ring (bicyclic) bond motifs is 1. The molecule has 2 aliphatic heterocycles. The van der Waals surface area contributed by atoms with Gasteiger partial charge in [-0.25, -0.2) is 4.99 Å². The Labute approximate surface area is 110 Å². The molecule has 1 aromatic heterocycles. The van der Waals surface area contributed by atoms with Crippen LogP contribution in [0.25, 0.3) is 0 Å². The maximum absolute atomic E-state index is 5.93. The van der Waals surface area contributed by atoms with E-state index in [0.29, 0.717) is 17.7 Å². The standard InChI is InChI=1S/C11H15BN2OS2/c1-6-8-4-17-10(13)14-11(8,5-15-6)9-2-7(12)3-16-9/h2-3,6,8H,4-5,12H2,1H3,(H2,13,14)/t6-,8-,11+/m1/s1. The highest BCUT2D eigenvalue weighted by Crippen LogP contribution is 2.48. The Bertz CT molecular complexity index is 476. The minimum absolute atomic E-state index is 0.215. The SMILES string of the molecule is Bc1csc([C@]23CO[C@H](C)[C@H]2CSC(N)=N3)c1. The highest BCUT2D eigenvalue weighted by atomic mass is 32.2. The third-order valence-electron chi connectivity index (χ3n) is 3.62. The molecule has 0 bridgehead atoms. The fourth-order valence-corrected chi connectivity index (χ4v) is 4.85. The third-order valence-corrected chi connectivity index (χ3v) is 5.75. The molecule has 90 valence electrons. The van der Waals surface area contributed by atoms with E-state index in [1.54, 1.807) is 23.1 Å². The van der Waals surface area contributed by atoms with Crippen LogP contribution in [0.5, 0.6) is 0 Å². The fourth-order valence-electron chi connectivity index (χ4n) is 2.63. The van der Waals surface area contributed by atoms with Crippen LogP contribution in [0.4, 0.5) is 0 Å². The van der Waals surface area contributed by atoms with Gasteiger partial charge in [-0.05, 0) is 12.3 Å². The molecule has 0 saturated carbocycles. The lowest BCUT2D eigenvalue weighted by atomic mass is 9.83. The van der Waals surface area contributed by atoms with Gasteiger partial charge in [0.15, 0.2) is 5.17 Å². The minimum Gasteiger partial charge on any atom is -0.379 e. The highest BCUT2D eigenvalue weighted by molar-refractivity contribution is 8.13. The zero-order chi connectivity index (χ0) is 12.0. The van der Waals surface area contributed by atoms with E-state index in [1.165, 1.54) is 10.3 Å². The van der Waals surface area contributed by atoms with Crippen molar-refractivity contribution in [2.75, 3.05) is 12.4 Å². The van der Waals surface area contributed by atoms with Crippen LogP contribution >= 0.6 is 23.1 Å². The number of rotatable bonds is 1. The van der Waals surface area contributed by atoms with Gasteiger partial charge in [-0.3, -0.25) is 0 Å². The molecule has 0 amide bonds. The number of hydrogen-bond acceptors (Lipinski definition) is 5. The largest absolute Gasteiger partial charge is 0.379 e. The average Bonchev–Trinajstić information content (AvgIpc) is 2.85. The summed E-state index contributed by atoms with van der Waals surface area (Å²) in [6, 6.07) is 2.23. The van der Waals surface area contributed by atoms with Crippen molar-refractivity contribution in [2.24, 2.45) is 16.6 Å². The molecule has 0 unspecified atom stereocenters. The lowest BCUT2D eigenvalue weighted by Crippen LogP contribution is -2.40. The molecule has 2 N–H and O–H groups in total. The molecule has 1 saturated heterocycles. The summed E-state index contributed by atoms with van der Waals surface area (Å²) in [5.74, 6) is 1.45. The van der Waals surface area contributed by atoms with Crippen molar-refractivity contribution in [3.8, 4) is 0 Å². The van der Waals surface area contributed by atoms with Gasteiger partial charge in [0.1, 0.15) is 13.4 Å². The number of nitrogens with two attached hydrogens (primary N) is 1. The molecule has 0 spiro atoms. The van der Waals surface area contributed by atoms with Crippen molar-refractivity contribution < 1.29 is 4.74 Å². The summed E-state index contributed by atoms with van der Waals surface area (Å²) in [4.78, 5) is 6.05. The molecule has 1 fully saturated rings. The van der Waals surface area contributed by atoms with Gasteiger partial charge in [0.25, 0.3) is 0 Å². The summed E-state index contributed by atoms with van der Waals surface area (Å²) < 4.78 is 5.85. The molecule has 2 aliphatic rings. The quantitative estimate of drug-likeness (QED) is 0.744. The predicted octanol–water partition coefficient (Wildman–Crippen LogP) is 0.298. The first kappa shape index (κ1) is 11.6. The van der Waals surface area contributed by atoms with Gasteiger partial charge in [0, 0.05) is 16.5 Å². The van der Waals surface area contributed by atoms with Gasteiger partial charge in [-0.2, -0.15) is 0 Å². The van der Waals surface area contributed by atoms with Crippen LogP contribution in [0.15, 0.2) is 16.4 Å². The van der Waals surface area contributed by atoms with Gasteiger partial charge in [0.05, 0.1) is 12.7 Å². The number of nitrogens with zero attached hydrogens (tertiary/aromatic N) is 1. The van der Waals surface area contributed by atoms with Gasteiger partial charge in [-0.15, -0.1) is 11.3 Å². The van der Waals surface area contributed by atoms with Crippen molar-refractivity contribution in [2.45, 2.75) is 18.6 Å². The Hall–Kier alpha value is -0.455. The molecule has 0 aromatic carbocycles. The fraction of sp³-hybridized carbons (Fsp3) is 0.545. The minimum atomic E-state index is -0.215. The number of ether oxygens (including phenoxy) is 1. The van der Waals surface area contributed by atoms with Gasteiger partial charge in [0.2, 0.25) is 0 Å². The van der Waals surface area contributed by atoms with Crippen LogP contribution in [-0.4, -0.2) is 31.5 Å². The number of aliphatic imine (C=N–C) groups is 1. The summed E-state index contributed by atoms with van der Waals surface area (Å²) >= 11 is 3.43. The van der Waals surface area contributed by atoms with Crippen molar-refractivity contribution in [3.05, 3.63) is 16.3 Å². The molecule has 6 heteroatoms. The molecule has 3 rings (SSSR count). The Morgan fingerprint density at radius 2 is 2.47 bits per heavy atom. The number of thioether (sulfide) groups is 1. The number of thiophene rings is 1. The van der Waals surface area contributed by atoms with Crippen LogP contribution in [0.3, 0.4) is 0 Å². The molecule has 3 nitrogen and oxygen atoms in total. The van der Waals surface area contributed by atoms with Crippen LogP contribution in [-0.2, 0) is 10.3 Å². The first-order chi connectivity index (χ1) is 8.12. The molecular weight excluding hydrogens is 251 g/mol. The topological polar surface area (TPSA) is 47.6 Å². The van der Waals surface area contributed by atoms with E-state index in [0.717, 1.165) is 5.75 Å². The second kappa shape index (κ2) is 4.04. The molecule has 0 aliphatic carbocycles. The summed E-state index contributed by atoms with van der Waals surface area (Å²) in [6.45, 7) is 2.81. The van der Waals surface area contributed by atoms with E-state index >= 15 is 0 Å². The highest BCUT2D eigenvalue weighted by Gasteiger charge is 2.52.